The van der Waals surface area contributed by atoms with Gasteiger partial charge in [-0.25, -0.2) is 0 Å². The zero-order chi connectivity index (χ0) is 16.5. The number of ether oxygens (including phenoxy) is 1. The van der Waals surface area contributed by atoms with Crippen molar-refractivity contribution in [2.24, 2.45) is 0 Å². The lowest BCUT2D eigenvalue weighted by molar-refractivity contribution is 0.131. The third-order valence-corrected chi connectivity index (χ3v) is 5.05. The first-order valence-corrected chi connectivity index (χ1v) is 8.25. The fourth-order valence-electron chi connectivity index (χ4n) is 3.87. The molecule has 1 fully saturated rings. The van der Waals surface area contributed by atoms with Crippen molar-refractivity contribution in [1.29, 1.82) is 0 Å². The van der Waals surface area contributed by atoms with Crippen molar-refractivity contribution in [1.82, 2.24) is 0 Å². The van der Waals surface area contributed by atoms with Crippen molar-refractivity contribution in [3.63, 3.8) is 0 Å². The van der Waals surface area contributed by atoms with Crippen LogP contribution in [-0.2, 0) is 10.2 Å². The average Bonchev–Trinajstić information content (AvgIpc) is 3.47. The molecule has 0 unspecified atom stereocenters. The Bertz CT molecular complexity index is 696. The first kappa shape index (κ1) is 15.1. The average molecular weight is 316 g/mol. The topological polar surface area (TPSA) is 32.8 Å². The molecule has 1 atom stereocenters. The highest BCUT2D eigenvalue weighted by Crippen LogP contribution is 2.54. The Balaban J connectivity index is 2.08. The third-order valence-electron chi connectivity index (χ3n) is 5.05. The van der Waals surface area contributed by atoms with Crippen LogP contribution in [0.1, 0.15) is 16.7 Å². The van der Waals surface area contributed by atoms with E-state index in [0.717, 1.165) is 16.7 Å². The molecule has 0 aliphatic carbocycles. The van der Waals surface area contributed by atoms with Gasteiger partial charge in [-0.05, 0) is 16.7 Å². The zero-order valence-electron chi connectivity index (χ0n) is 13.4. The molecule has 0 bridgehead atoms. The quantitative estimate of drug-likeness (QED) is 0.574. The lowest BCUT2D eigenvalue weighted by Crippen LogP contribution is -2.47. The molecule has 1 N–H and O–H groups in total. The van der Waals surface area contributed by atoms with E-state index >= 15 is 0 Å². The van der Waals surface area contributed by atoms with Crippen molar-refractivity contribution < 1.29 is 9.84 Å². The predicted octanol–water partition coefficient (Wildman–Crippen LogP) is 3.78. The van der Waals surface area contributed by atoms with Gasteiger partial charge in [0.15, 0.2) is 0 Å². The number of benzene rings is 3. The Morgan fingerprint density at radius 2 is 1.04 bits per heavy atom. The van der Waals surface area contributed by atoms with Crippen LogP contribution in [0.2, 0.25) is 0 Å². The number of aliphatic hydroxyl groups is 1. The molecule has 0 aromatic heterocycles. The molecule has 2 nitrogen and oxygen atoms in total. The summed E-state index contributed by atoms with van der Waals surface area (Å²) in [4.78, 5) is 0. The molecule has 2 heteroatoms. The highest BCUT2D eigenvalue weighted by atomic mass is 16.6. The molecule has 1 heterocycles. The lowest BCUT2D eigenvalue weighted by atomic mass is 9.61. The molecule has 1 aliphatic rings. The van der Waals surface area contributed by atoms with Crippen LogP contribution in [0, 0.1) is 0 Å². The highest BCUT2D eigenvalue weighted by Gasteiger charge is 2.63. The van der Waals surface area contributed by atoms with Crippen LogP contribution in [0.5, 0.6) is 0 Å². The van der Waals surface area contributed by atoms with Gasteiger partial charge in [0, 0.05) is 0 Å². The smallest absolute Gasteiger partial charge is 0.132 e. The van der Waals surface area contributed by atoms with Gasteiger partial charge in [0.2, 0.25) is 0 Å². The third kappa shape index (κ3) is 2.11. The number of aliphatic hydroxyl groups excluding tert-OH is 1. The SMILES string of the molecule is OC[C@@]1(C(c2ccccc2)(c2ccccc2)c2ccccc2)CO1. The van der Waals surface area contributed by atoms with E-state index in [9.17, 15) is 5.11 Å². The fourth-order valence-corrected chi connectivity index (χ4v) is 3.87. The molecule has 120 valence electrons. The van der Waals surface area contributed by atoms with Crippen LogP contribution in [-0.4, -0.2) is 23.9 Å². The minimum atomic E-state index is -0.628. The summed E-state index contributed by atoms with van der Waals surface area (Å²) in [6.07, 6.45) is 0. The van der Waals surface area contributed by atoms with E-state index in [2.05, 4.69) is 36.4 Å². The van der Waals surface area contributed by atoms with Crippen LogP contribution in [0.15, 0.2) is 91.0 Å². The van der Waals surface area contributed by atoms with Crippen LogP contribution in [0.3, 0.4) is 0 Å². The van der Waals surface area contributed by atoms with E-state index < -0.39 is 11.0 Å². The number of rotatable bonds is 5. The van der Waals surface area contributed by atoms with E-state index in [-0.39, 0.29) is 6.61 Å². The van der Waals surface area contributed by atoms with Crippen LogP contribution >= 0.6 is 0 Å². The minimum Gasteiger partial charge on any atom is -0.393 e. The molecule has 24 heavy (non-hydrogen) atoms. The molecule has 1 saturated heterocycles. The summed E-state index contributed by atoms with van der Waals surface area (Å²) in [5.74, 6) is 0. The van der Waals surface area contributed by atoms with E-state index in [1.165, 1.54) is 0 Å². The first-order valence-electron chi connectivity index (χ1n) is 8.25. The summed E-state index contributed by atoms with van der Waals surface area (Å²) < 4.78 is 5.92. The van der Waals surface area contributed by atoms with Gasteiger partial charge in [-0.15, -0.1) is 0 Å². The summed E-state index contributed by atoms with van der Waals surface area (Å²) in [5.41, 5.74) is 2.24. The Kier molecular flexibility index (Phi) is 3.72. The Labute approximate surface area is 142 Å². The second-order valence-electron chi connectivity index (χ2n) is 6.29. The van der Waals surface area contributed by atoms with E-state index in [4.69, 9.17) is 4.74 Å². The maximum absolute atomic E-state index is 10.3. The summed E-state index contributed by atoms with van der Waals surface area (Å²) in [5, 5.41) is 10.3. The normalized spacial score (nSPS) is 19.9. The van der Waals surface area contributed by atoms with E-state index in [0.29, 0.717) is 6.61 Å². The van der Waals surface area contributed by atoms with Gasteiger partial charge in [0.1, 0.15) is 5.60 Å². The van der Waals surface area contributed by atoms with Crippen molar-refractivity contribution in [3.05, 3.63) is 108 Å². The van der Waals surface area contributed by atoms with Crippen LogP contribution in [0.25, 0.3) is 0 Å². The van der Waals surface area contributed by atoms with Gasteiger partial charge < -0.3 is 9.84 Å². The Morgan fingerprint density at radius 3 is 1.29 bits per heavy atom. The molecule has 0 spiro atoms. The highest BCUT2D eigenvalue weighted by molar-refractivity contribution is 5.55. The van der Waals surface area contributed by atoms with Crippen molar-refractivity contribution >= 4 is 0 Å². The summed E-state index contributed by atoms with van der Waals surface area (Å²) in [6.45, 7) is 0.522. The molecular formula is C22H20O2. The fraction of sp³-hybridized carbons (Fsp3) is 0.182. The van der Waals surface area contributed by atoms with Gasteiger partial charge in [0.05, 0.1) is 18.6 Å². The van der Waals surface area contributed by atoms with Crippen LogP contribution in [0.4, 0.5) is 0 Å². The van der Waals surface area contributed by atoms with Crippen molar-refractivity contribution in [2.75, 3.05) is 13.2 Å². The van der Waals surface area contributed by atoms with Gasteiger partial charge in [0.25, 0.3) is 0 Å². The largest absolute Gasteiger partial charge is 0.393 e. The number of hydrogen-bond acceptors (Lipinski definition) is 2. The van der Waals surface area contributed by atoms with Gasteiger partial charge in [-0.3, -0.25) is 0 Å². The second kappa shape index (κ2) is 5.90. The zero-order valence-corrected chi connectivity index (χ0v) is 13.4. The number of hydrogen-bond donors (Lipinski definition) is 1. The van der Waals surface area contributed by atoms with Crippen LogP contribution < -0.4 is 0 Å². The molecule has 4 rings (SSSR count). The van der Waals surface area contributed by atoms with Gasteiger partial charge in [-0.2, -0.15) is 0 Å². The molecule has 0 radical (unpaired) electrons. The first-order chi connectivity index (χ1) is 11.8. The Hall–Kier alpha value is -2.42. The number of epoxide rings is 1. The second-order valence-corrected chi connectivity index (χ2v) is 6.29. The lowest BCUT2D eigenvalue weighted by Gasteiger charge is -2.40. The summed E-state index contributed by atoms with van der Waals surface area (Å²) >= 11 is 0. The predicted molar refractivity (Wildman–Crippen MR) is 95.0 cm³/mol. The standard InChI is InChI=1S/C22H20O2/c23-16-21(17-24-21)22(18-10-4-1-5-11-18,19-12-6-2-7-13-19)20-14-8-3-9-15-20/h1-15,23H,16-17H2/t21-/m0/s1. The summed E-state index contributed by atoms with van der Waals surface area (Å²) in [6, 6.07) is 31.1. The molecule has 3 aromatic rings. The van der Waals surface area contributed by atoms with E-state index in [1.807, 2.05) is 54.6 Å². The minimum absolute atomic E-state index is 0.0221. The maximum atomic E-state index is 10.3. The molecular weight excluding hydrogens is 296 g/mol. The van der Waals surface area contributed by atoms with Gasteiger partial charge in [-0.1, -0.05) is 91.0 Å². The van der Waals surface area contributed by atoms with Gasteiger partial charge >= 0.3 is 0 Å². The Morgan fingerprint density at radius 1 is 0.708 bits per heavy atom. The maximum Gasteiger partial charge on any atom is 0.132 e. The van der Waals surface area contributed by atoms with Crippen molar-refractivity contribution in [3.8, 4) is 0 Å². The monoisotopic (exact) mass is 316 g/mol. The molecule has 0 saturated carbocycles. The summed E-state index contributed by atoms with van der Waals surface area (Å²) in [7, 11) is 0. The molecule has 1 aliphatic heterocycles. The van der Waals surface area contributed by atoms with E-state index in [1.54, 1.807) is 0 Å². The molecule has 3 aromatic carbocycles. The van der Waals surface area contributed by atoms with Crippen molar-refractivity contribution in [2.45, 2.75) is 11.0 Å². The molecule has 0 amide bonds.